The summed E-state index contributed by atoms with van der Waals surface area (Å²) in [5, 5.41) is 11.7. The van der Waals surface area contributed by atoms with Gasteiger partial charge in [-0.15, -0.1) is 0 Å². The molecule has 0 bridgehead atoms. The highest BCUT2D eigenvalue weighted by Crippen LogP contribution is 2.39. The zero-order valence-corrected chi connectivity index (χ0v) is 27.6. The lowest BCUT2D eigenvalue weighted by Gasteiger charge is -2.33. The number of hydrogen-bond donors (Lipinski definition) is 3. The second-order valence-corrected chi connectivity index (χ2v) is 12.4. The van der Waals surface area contributed by atoms with Gasteiger partial charge in [0, 0.05) is 19.0 Å². The molecule has 0 spiro atoms. The van der Waals surface area contributed by atoms with Crippen LogP contribution in [0.1, 0.15) is 56.9 Å². The van der Waals surface area contributed by atoms with Crippen molar-refractivity contribution in [2.75, 3.05) is 6.54 Å². The smallest absolute Gasteiger partial charge is 0.408 e. The molecule has 5 amide bonds. The number of amidine groups is 1. The molecule has 0 radical (unpaired) electrons. The number of benzene rings is 3. The molecule has 1 heterocycles. The van der Waals surface area contributed by atoms with Crippen LogP contribution < -0.4 is 11.1 Å². The standard InChI is InChI=1S/C35H40N6O7/c1-23(42)40(21-28(30(43)48-34(2,3)4)38-32(45)47-22-25-14-10-7-11-15-25)41-31(44)35(5,27-18-16-26(17-19-27)29(36)37)39(33(41)46)20-24-12-8-6-9-13-24/h6-19,28H,20-22H2,1-5H3,(H3,36,37)(H,38,45)/t28-,35-/m0/s1. The number of hydrogen-bond acceptors (Lipinski definition) is 8. The van der Waals surface area contributed by atoms with Gasteiger partial charge in [-0.05, 0) is 44.4 Å². The summed E-state index contributed by atoms with van der Waals surface area (Å²) in [5.74, 6) is -2.60. The minimum atomic E-state index is -1.63. The van der Waals surface area contributed by atoms with Gasteiger partial charge in [-0.3, -0.25) is 19.9 Å². The summed E-state index contributed by atoms with van der Waals surface area (Å²) in [5.41, 5.74) is 5.28. The van der Waals surface area contributed by atoms with E-state index in [0.29, 0.717) is 21.7 Å². The molecule has 3 aromatic carbocycles. The van der Waals surface area contributed by atoms with Crippen LogP contribution in [0.4, 0.5) is 9.59 Å². The van der Waals surface area contributed by atoms with Crippen molar-refractivity contribution in [1.29, 1.82) is 5.41 Å². The van der Waals surface area contributed by atoms with Crippen molar-refractivity contribution in [1.82, 2.24) is 20.2 Å². The normalized spacial score (nSPS) is 16.7. The molecular formula is C35H40N6O7. The second-order valence-electron chi connectivity index (χ2n) is 12.4. The second kappa shape index (κ2) is 14.4. The van der Waals surface area contributed by atoms with Crippen LogP contribution in [0.5, 0.6) is 0 Å². The molecule has 1 fully saturated rings. The zero-order chi connectivity index (χ0) is 35.2. The van der Waals surface area contributed by atoms with E-state index in [1.54, 1.807) is 100 Å². The Kier molecular flexibility index (Phi) is 10.5. The van der Waals surface area contributed by atoms with Gasteiger partial charge in [-0.25, -0.2) is 19.4 Å². The highest BCUT2D eigenvalue weighted by atomic mass is 16.6. The van der Waals surface area contributed by atoms with Gasteiger partial charge in [0.25, 0.3) is 5.91 Å². The molecule has 48 heavy (non-hydrogen) atoms. The van der Waals surface area contributed by atoms with E-state index >= 15 is 0 Å². The maximum Gasteiger partial charge on any atom is 0.408 e. The molecule has 1 saturated heterocycles. The number of nitrogens with two attached hydrogens (primary N) is 1. The van der Waals surface area contributed by atoms with Crippen LogP contribution in [-0.4, -0.2) is 68.8 Å². The molecule has 1 aliphatic rings. The van der Waals surface area contributed by atoms with Crippen LogP contribution in [0.2, 0.25) is 0 Å². The largest absolute Gasteiger partial charge is 0.458 e. The minimum Gasteiger partial charge on any atom is -0.458 e. The van der Waals surface area contributed by atoms with E-state index < -0.39 is 53.6 Å². The van der Waals surface area contributed by atoms with Crippen molar-refractivity contribution in [3.63, 3.8) is 0 Å². The van der Waals surface area contributed by atoms with Crippen molar-refractivity contribution >= 4 is 35.7 Å². The number of urea groups is 1. The van der Waals surface area contributed by atoms with Gasteiger partial charge in [-0.2, -0.15) is 5.01 Å². The number of hydrazine groups is 1. The average molecular weight is 657 g/mol. The fraction of sp³-hybridized carbons (Fsp3) is 0.314. The Morgan fingerprint density at radius 1 is 0.938 bits per heavy atom. The van der Waals surface area contributed by atoms with Crippen LogP contribution in [-0.2, 0) is 42.5 Å². The van der Waals surface area contributed by atoms with Gasteiger partial charge < -0.3 is 20.5 Å². The van der Waals surface area contributed by atoms with E-state index in [4.69, 9.17) is 20.6 Å². The number of imide groups is 1. The number of alkyl carbamates (subject to hydrolysis) is 1. The van der Waals surface area contributed by atoms with E-state index in [1.165, 1.54) is 4.90 Å². The van der Waals surface area contributed by atoms with Crippen LogP contribution in [0.3, 0.4) is 0 Å². The first-order chi connectivity index (χ1) is 22.6. The summed E-state index contributed by atoms with van der Waals surface area (Å²) in [6.45, 7) is 6.88. The number of esters is 1. The minimum absolute atomic E-state index is 0.00181. The number of nitrogens with zero attached hydrogens (tertiary/aromatic N) is 3. The number of carbonyl (C=O) groups excluding carboxylic acids is 5. The molecule has 13 nitrogen and oxygen atoms in total. The molecule has 4 rings (SSSR count). The van der Waals surface area contributed by atoms with E-state index in [9.17, 15) is 24.0 Å². The van der Waals surface area contributed by atoms with Crippen molar-refractivity contribution in [2.45, 2.75) is 65.0 Å². The molecule has 252 valence electrons. The summed E-state index contributed by atoms with van der Waals surface area (Å²) in [7, 11) is 0. The third-order valence-electron chi connectivity index (χ3n) is 7.66. The first-order valence-corrected chi connectivity index (χ1v) is 15.2. The lowest BCUT2D eigenvalue weighted by Crippen LogP contribution is -2.58. The first kappa shape index (κ1) is 35.1. The summed E-state index contributed by atoms with van der Waals surface area (Å²) in [6.07, 6.45) is -0.974. The lowest BCUT2D eigenvalue weighted by atomic mass is 9.89. The fourth-order valence-corrected chi connectivity index (χ4v) is 5.16. The Bertz CT molecular complexity index is 1670. The number of nitrogens with one attached hydrogen (secondary N) is 2. The molecule has 0 unspecified atom stereocenters. The van der Waals surface area contributed by atoms with E-state index in [0.717, 1.165) is 17.5 Å². The Labute approximate surface area is 279 Å². The number of carbonyl (C=O) groups is 5. The van der Waals surface area contributed by atoms with Gasteiger partial charge in [0.1, 0.15) is 29.6 Å². The molecule has 1 aliphatic heterocycles. The molecule has 2 atom stereocenters. The number of ether oxygens (including phenoxy) is 2. The summed E-state index contributed by atoms with van der Waals surface area (Å²) >= 11 is 0. The van der Waals surface area contributed by atoms with Crippen molar-refractivity contribution in [3.8, 4) is 0 Å². The Morgan fingerprint density at radius 3 is 2.02 bits per heavy atom. The summed E-state index contributed by atoms with van der Waals surface area (Å²) in [6, 6.07) is 21.9. The number of amides is 5. The summed E-state index contributed by atoms with van der Waals surface area (Å²) < 4.78 is 10.8. The molecule has 0 aliphatic carbocycles. The Morgan fingerprint density at radius 2 is 1.50 bits per heavy atom. The third kappa shape index (κ3) is 7.97. The maximum absolute atomic E-state index is 14.4. The van der Waals surface area contributed by atoms with Gasteiger partial charge in [0.05, 0.1) is 6.54 Å². The molecule has 3 aromatic rings. The van der Waals surface area contributed by atoms with E-state index in [2.05, 4.69) is 5.32 Å². The maximum atomic E-state index is 14.4. The fourth-order valence-electron chi connectivity index (χ4n) is 5.16. The predicted octanol–water partition coefficient (Wildman–Crippen LogP) is 4.05. The third-order valence-corrected chi connectivity index (χ3v) is 7.66. The highest BCUT2D eigenvalue weighted by Gasteiger charge is 2.58. The molecule has 4 N–H and O–H groups in total. The lowest BCUT2D eigenvalue weighted by molar-refractivity contribution is -0.164. The van der Waals surface area contributed by atoms with Gasteiger partial charge in [0.15, 0.2) is 0 Å². The van der Waals surface area contributed by atoms with E-state index in [-0.39, 0.29) is 19.0 Å². The number of nitrogen functional groups attached to an aromatic ring is 1. The van der Waals surface area contributed by atoms with Crippen LogP contribution >= 0.6 is 0 Å². The van der Waals surface area contributed by atoms with Crippen molar-refractivity contribution in [3.05, 3.63) is 107 Å². The van der Waals surface area contributed by atoms with E-state index in [1.807, 2.05) is 12.1 Å². The SMILES string of the molecule is CC(=O)N(C[C@H](NC(=O)OCc1ccccc1)C(=O)OC(C)(C)C)N1C(=O)N(Cc2ccccc2)[C@@](C)(c2ccc(C(=N)N)cc2)C1=O. The van der Waals surface area contributed by atoms with Crippen LogP contribution in [0.25, 0.3) is 0 Å². The molecule has 0 aromatic heterocycles. The predicted molar refractivity (Wildman–Crippen MR) is 176 cm³/mol. The van der Waals surface area contributed by atoms with Gasteiger partial charge >= 0.3 is 18.1 Å². The quantitative estimate of drug-likeness (QED) is 0.120. The topological polar surface area (TPSA) is 175 Å². The first-order valence-electron chi connectivity index (χ1n) is 15.2. The average Bonchev–Trinajstić information content (AvgIpc) is 3.22. The Balaban J connectivity index is 1.70. The highest BCUT2D eigenvalue weighted by molar-refractivity contribution is 6.08. The molecular weight excluding hydrogens is 616 g/mol. The van der Waals surface area contributed by atoms with Crippen LogP contribution in [0, 0.1) is 5.41 Å². The van der Waals surface area contributed by atoms with Gasteiger partial charge in [-0.1, -0.05) is 84.9 Å². The van der Waals surface area contributed by atoms with Crippen molar-refractivity contribution < 1.29 is 33.4 Å². The Hall–Kier alpha value is -5.72. The van der Waals surface area contributed by atoms with Gasteiger partial charge in [0.2, 0.25) is 5.91 Å². The molecule has 13 heteroatoms. The van der Waals surface area contributed by atoms with Crippen LogP contribution in [0.15, 0.2) is 84.9 Å². The van der Waals surface area contributed by atoms with Crippen molar-refractivity contribution in [2.24, 2.45) is 5.73 Å². The zero-order valence-electron chi connectivity index (χ0n) is 27.6. The molecule has 0 saturated carbocycles. The summed E-state index contributed by atoms with van der Waals surface area (Å²) in [4.78, 5) is 69.5. The monoisotopic (exact) mass is 656 g/mol. The number of rotatable bonds is 11.